The van der Waals surface area contributed by atoms with Crippen molar-refractivity contribution in [2.24, 2.45) is 0 Å². The van der Waals surface area contributed by atoms with Gasteiger partial charge in [-0.3, -0.25) is 0 Å². The summed E-state index contributed by atoms with van der Waals surface area (Å²) in [4.78, 5) is 11.7. The van der Waals surface area contributed by atoms with Crippen molar-refractivity contribution in [3.8, 4) is 5.75 Å². The number of methoxy groups -OCH3 is 1. The van der Waals surface area contributed by atoms with Gasteiger partial charge >= 0.3 is 5.97 Å². The Morgan fingerprint density at radius 1 is 1.10 bits per heavy atom. The number of rotatable bonds is 10. The largest absolute Gasteiger partial charge is 0.505 e. The summed E-state index contributed by atoms with van der Waals surface area (Å²) in [6.45, 7) is 2.26. The first kappa shape index (κ1) is 17.2. The summed E-state index contributed by atoms with van der Waals surface area (Å²) in [6.07, 6.45) is 0. The Morgan fingerprint density at radius 3 is 2.38 bits per heavy atom. The fourth-order valence-corrected chi connectivity index (χ4v) is 1.46. The van der Waals surface area contributed by atoms with Crippen LogP contribution in [-0.4, -0.2) is 57.8 Å². The fourth-order valence-electron chi connectivity index (χ4n) is 1.46. The summed E-state index contributed by atoms with van der Waals surface area (Å²) in [5.41, 5.74) is 5.67. The Kier molecular flexibility index (Phi) is 8.18. The second-order valence-electron chi connectivity index (χ2n) is 4.10. The van der Waals surface area contributed by atoms with Crippen LogP contribution >= 0.6 is 0 Å². The molecule has 0 saturated heterocycles. The first-order valence-corrected chi connectivity index (χ1v) is 6.55. The summed E-state index contributed by atoms with van der Waals surface area (Å²) >= 11 is 0. The minimum Gasteiger partial charge on any atom is -0.505 e. The van der Waals surface area contributed by atoms with Crippen LogP contribution in [0.3, 0.4) is 0 Å². The maximum Gasteiger partial charge on any atom is 0.342 e. The molecule has 1 rings (SSSR count). The lowest BCUT2D eigenvalue weighted by Gasteiger charge is -2.08. The molecule has 0 unspecified atom stereocenters. The SMILES string of the molecule is COCCOCCOCCOC(=O)c1cccc(N)c1O. The van der Waals surface area contributed by atoms with Crippen molar-refractivity contribution >= 4 is 11.7 Å². The third kappa shape index (κ3) is 6.44. The van der Waals surface area contributed by atoms with Crippen molar-refractivity contribution in [3.05, 3.63) is 23.8 Å². The molecule has 0 fully saturated rings. The van der Waals surface area contributed by atoms with Crippen molar-refractivity contribution in [2.75, 3.05) is 52.5 Å². The molecule has 0 atom stereocenters. The van der Waals surface area contributed by atoms with Gasteiger partial charge in [-0.25, -0.2) is 4.79 Å². The quantitative estimate of drug-likeness (QED) is 0.285. The van der Waals surface area contributed by atoms with Crippen LogP contribution in [0.25, 0.3) is 0 Å². The lowest BCUT2D eigenvalue weighted by atomic mass is 10.2. The molecule has 1 aromatic carbocycles. The molecule has 0 aliphatic carbocycles. The first-order valence-electron chi connectivity index (χ1n) is 6.55. The number of nitrogen functional groups attached to an aromatic ring is 1. The number of benzene rings is 1. The lowest BCUT2D eigenvalue weighted by Crippen LogP contribution is -2.14. The average molecular weight is 299 g/mol. The third-order valence-electron chi connectivity index (χ3n) is 2.55. The van der Waals surface area contributed by atoms with Crippen LogP contribution < -0.4 is 5.73 Å². The Morgan fingerprint density at radius 2 is 1.71 bits per heavy atom. The van der Waals surface area contributed by atoms with Gasteiger partial charge < -0.3 is 29.8 Å². The molecule has 0 aromatic heterocycles. The second-order valence-corrected chi connectivity index (χ2v) is 4.10. The van der Waals surface area contributed by atoms with E-state index < -0.39 is 5.97 Å². The Balaban J connectivity index is 2.13. The maximum absolute atomic E-state index is 11.7. The van der Waals surface area contributed by atoms with E-state index in [0.29, 0.717) is 26.4 Å². The summed E-state index contributed by atoms with van der Waals surface area (Å²) in [7, 11) is 1.60. The van der Waals surface area contributed by atoms with Crippen LogP contribution in [0.1, 0.15) is 10.4 Å². The summed E-state index contributed by atoms with van der Waals surface area (Å²) in [5.74, 6) is -0.908. The number of para-hydroxylation sites is 1. The van der Waals surface area contributed by atoms with Gasteiger partial charge in [0.05, 0.1) is 38.7 Å². The summed E-state index contributed by atoms with van der Waals surface area (Å²) in [5, 5.41) is 9.63. The predicted molar refractivity (Wildman–Crippen MR) is 76.3 cm³/mol. The van der Waals surface area contributed by atoms with E-state index in [0.717, 1.165) is 0 Å². The number of phenols is 1. The van der Waals surface area contributed by atoms with Gasteiger partial charge in [-0.1, -0.05) is 6.07 Å². The van der Waals surface area contributed by atoms with Gasteiger partial charge in [0.15, 0.2) is 5.75 Å². The molecule has 21 heavy (non-hydrogen) atoms. The molecule has 0 aliphatic heterocycles. The van der Waals surface area contributed by atoms with Gasteiger partial charge in [-0.05, 0) is 12.1 Å². The number of hydrogen-bond acceptors (Lipinski definition) is 7. The van der Waals surface area contributed by atoms with Crippen molar-refractivity contribution < 1.29 is 28.8 Å². The van der Waals surface area contributed by atoms with Gasteiger partial charge in [0, 0.05) is 7.11 Å². The highest BCUT2D eigenvalue weighted by Crippen LogP contribution is 2.24. The number of phenolic OH excluding ortho intramolecular Hbond substituents is 1. The van der Waals surface area contributed by atoms with Crippen molar-refractivity contribution in [2.45, 2.75) is 0 Å². The van der Waals surface area contributed by atoms with E-state index >= 15 is 0 Å². The van der Waals surface area contributed by atoms with Crippen LogP contribution in [0.5, 0.6) is 5.75 Å². The van der Waals surface area contributed by atoms with E-state index in [-0.39, 0.29) is 30.2 Å². The molecule has 1 aromatic rings. The highest BCUT2D eigenvalue weighted by Gasteiger charge is 2.13. The molecule has 0 radical (unpaired) electrons. The number of carbonyl (C=O) groups is 1. The van der Waals surface area contributed by atoms with Crippen molar-refractivity contribution in [3.63, 3.8) is 0 Å². The number of esters is 1. The number of nitrogens with two attached hydrogens (primary N) is 1. The van der Waals surface area contributed by atoms with Crippen LogP contribution in [0.15, 0.2) is 18.2 Å². The second kappa shape index (κ2) is 9.98. The van der Waals surface area contributed by atoms with E-state index in [1.807, 2.05) is 0 Å². The number of hydrogen-bond donors (Lipinski definition) is 2. The molecule has 3 N–H and O–H groups in total. The molecule has 0 amide bonds. The van der Waals surface area contributed by atoms with Crippen LogP contribution in [0.4, 0.5) is 5.69 Å². The Labute approximate surface area is 123 Å². The molecule has 0 heterocycles. The maximum atomic E-state index is 11.7. The zero-order valence-electron chi connectivity index (χ0n) is 12.0. The minimum atomic E-state index is -0.639. The highest BCUT2D eigenvalue weighted by molar-refractivity contribution is 5.94. The Bertz CT molecular complexity index is 437. The highest BCUT2D eigenvalue weighted by atomic mass is 16.6. The Hall–Kier alpha value is -1.83. The van der Waals surface area contributed by atoms with E-state index in [1.54, 1.807) is 13.2 Å². The molecule has 7 heteroatoms. The van der Waals surface area contributed by atoms with Gasteiger partial charge in [-0.15, -0.1) is 0 Å². The van der Waals surface area contributed by atoms with Crippen molar-refractivity contribution in [1.82, 2.24) is 0 Å². The number of aromatic hydroxyl groups is 1. The van der Waals surface area contributed by atoms with Crippen LogP contribution in [0.2, 0.25) is 0 Å². The van der Waals surface area contributed by atoms with E-state index in [4.69, 9.17) is 24.7 Å². The normalized spacial score (nSPS) is 10.5. The van der Waals surface area contributed by atoms with Gasteiger partial charge in [0.25, 0.3) is 0 Å². The van der Waals surface area contributed by atoms with Gasteiger partial charge in [0.1, 0.15) is 12.2 Å². The smallest absolute Gasteiger partial charge is 0.342 e. The zero-order valence-corrected chi connectivity index (χ0v) is 12.0. The van der Waals surface area contributed by atoms with Crippen LogP contribution in [0, 0.1) is 0 Å². The molecule has 118 valence electrons. The molecule has 0 bridgehead atoms. The lowest BCUT2D eigenvalue weighted by molar-refractivity contribution is 0.00561. The number of anilines is 1. The average Bonchev–Trinajstić information content (AvgIpc) is 2.48. The number of carbonyl (C=O) groups excluding carboxylic acids is 1. The third-order valence-corrected chi connectivity index (χ3v) is 2.55. The fraction of sp³-hybridized carbons (Fsp3) is 0.500. The molecular weight excluding hydrogens is 278 g/mol. The van der Waals surface area contributed by atoms with Crippen molar-refractivity contribution in [1.29, 1.82) is 0 Å². The monoisotopic (exact) mass is 299 g/mol. The standard InChI is InChI=1S/C14H21NO6/c1-18-5-6-19-7-8-20-9-10-21-14(17)11-3-2-4-12(15)13(11)16/h2-4,16H,5-10,15H2,1H3. The van der Waals surface area contributed by atoms with E-state index in [2.05, 4.69) is 0 Å². The molecule has 7 nitrogen and oxygen atoms in total. The molecule has 0 aliphatic rings. The van der Waals surface area contributed by atoms with E-state index in [1.165, 1.54) is 12.1 Å². The molecular formula is C14H21NO6. The summed E-state index contributed by atoms with van der Waals surface area (Å²) in [6, 6.07) is 4.51. The first-order chi connectivity index (χ1) is 10.2. The van der Waals surface area contributed by atoms with Gasteiger partial charge in [0.2, 0.25) is 0 Å². The van der Waals surface area contributed by atoms with Crippen LogP contribution in [-0.2, 0) is 18.9 Å². The molecule has 0 spiro atoms. The van der Waals surface area contributed by atoms with Gasteiger partial charge in [-0.2, -0.15) is 0 Å². The zero-order chi connectivity index (χ0) is 15.5. The minimum absolute atomic E-state index is 0.0397. The molecule has 0 saturated carbocycles. The predicted octanol–water partition coefficient (Wildman–Crippen LogP) is 0.811. The van der Waals surface area contributed by atoms with E-state index in [9.17, 15) is 9.90 Å². The summed E-state index contributed by atoms with van der Waals surface area (Å²) < 4.78 is 20.2. The number of ether oxygens (including phenoxy) is 4. The topological polar surface area (TPSA) is 100 Å².